The highest BCUT2D eigenvalue weighted by Gasteiger charge is 2.19. The number of amides is 2. The summed E-state index contributed by atoms with van der Waals surface area (Å²) in [6.45, 7) is 4.37. The smallest absolute Gasteiger partial charge is 0.253 e. The van der Waals surface area contributed by atoms with Crippen molar-refractivity contribution in [1.82, 2.24) is 5.32 Å². The zero-order valence-corrected chi connectivity index (χ0v) is 14.9. The number of carbonyl (C=O) groups is 2. The van der Waals surface area contributed by atoms with Gasteiger partial charge in [-0.05, 0) is 55.7 Å². The van der Waals surface area contributed by atoms with Crippen LogP contribution in [0.15, 0.2) is 41.4 Å². The summed E-state index contributed by atoms with van der Waals surface area (Å²) in [6.07, 6.45) is 2.50. The van der Waals surface area contributed by atoms with Crippen molar-refractivity contribution in [3.63, 3.8) is 0 Å². The average Bonchev–Trinajstić information content (AvgIpc) is 2.60. The molecule has 0 saturated carbocycles. The lowest BCUT2D eigenvalue weighted by Crippen LogP contribution is -2.38. The van der Waals surface area contributed by atoms with Gasteiger partial charge in [0.15, 0.2) is 0 Å². The molecule has 1 heterocycles. The Morgan fingerprint density at radius 2 is 1.80 bits per heavy atom. The van der Waals surface area contributed by atoms with Gasteiger partial charge in [-0.3, -0.25) is 9.59 Å². The second-order valence-corrected chi connectivity index (χ2v) is 6.67. The Kier molecular flexibility index (Phi) is 5.00. The van der Waals surface area contributed by atoms with Crippen LogP contribution in [-0.4, -0.2) is 18.4 Å². The Balaban J connectivity index is 1.68. The number of benzene rings is 2. The van der Waals surface area contributed by atoms with Gasteiger partial charge in [0, 0.05) is 22.3 Å². The first-order chi connectivity index (χ1) is 12.0. The molecule has 0 bridgehead atoms. The van der Waals surface area contributed by atoms with Gasteiger partial charge >= 0.3 is 0 Å². The summed E-state index contributed by atoms with van der Waals surface area (Å²) in [5.74, 6) is -0.634. The molecule has 0 aromatic heterocycles. The molecule has 1 atom stereocenters. The van der Waals surface area contributed by atoms with Gasteiger partial charge in [0.1, 0.15) is 0 Å². The molecule has 0 aliphatic carbocycles. The van der Waals surface area contributed by atoms with Crippen LogP contribution in [0.3, 0.4) is 0 Å². The van der Waals surface area contributed by atoms with Crippen molar-refractivity contribution >= 4 is 29.5 Å². The molecule has 0 spiro atoms. The van der Waals surface area contributed by atoms with Crippen molar-refractivity contribution in [1.29, 1.82) is 0 Å². The van der Waals surface area contributed by atoms with E-state index < -0.39 is 0 Å². The lowest BCUT2D eigenvalue weighted by molar-refractivity contribution is -0.120. The third-order valence-electron chi connectivity index (χ3n) is 4.39. The molecule has 3 rings (SSSR count). The summed E-state index contributed by atoms with van der Waals surface area (Å²) < 4.78 is 0. The van der Waals surface area contributed by atoms with Crippen LogP contribution in [0.5, 0.6) is 0 Å². The number of nitrogens with zero attached hydrogens (tertiary/aromatic N) is 1. The molecule has 25 heavy (non-hydrogen) atoms. The molecular weight excluding hydrogens is 336 g/mol. The first kappa shape index (κ1) is 17.4. The van der Waals surface area contributed by atoms with E-state index in [0.717, 1.165) is 21.7 Å². The largest absolute Gasteiger partial charge is 0.352 e. The second-order valence-electron chi connectivity index (χ2n) is 6.24. The maximum absolute atomic E-state index is 12.3. The number of hydrogen-bond acceptors (Lipinski definition) is 2. The van der Waals surface area contributed by atoms with Crippen LogP contribution in [0.1, 0.15) is 27.9 Å². The maximum Gasteiger partial charge on any atom is 0.253 e. The number of carbonyl (C=O) groups excluding carboxylic acids is 2. The van der Waals surface area contributed by atoms with E-state index in [4.69, 9.17) is 11.6 Å². The Bertz CT molecular complexity index is 949. The topological polar surface area (TPSA) is 58.5 Å². The lowest BCUT2D eigenvalue weighted by atomic mass is 9.97. The van der Waals surface area contributed by atoms with Crippen molar-refractivity contribution < 1.29 is 9.59 Å². The van der Waals surface area contributed by atoms with E-state index in [1.165, 1.54) is 0 Å². The fourth-order valence-electron chi connectivity index (χ4n) is 2.89. The van der Waals surface area contributed by atoms with Gasteiger partial charge in [0.2, 0.25) is 0 Å². The molecular formula is C20H19ClN2O2. The first-order valence-electron chi connectivity index (χ1n) is 8.20. The highest BCUT2D eigenvalue weighted by atomic mass is 35.5. The fraction of sp³-hybridized carbons (Fsp3) is 0.250. The van der Waals surface area contributed by atoms with E-state index >= 15 is 0 Å². The molecule has 1 unspecified atom stereocenters. The summed E-state index contributed by atoms with van der Waals surface area (Å²) >= 11 is 5.82. The summed E-state index contributed by atoms with van der Waals surface area (Å²) in [7, 11) is 0. The van der Waals surface area contributed by atoms with Crippen LogP contribution < -0.4 is 15.9 Å². The van der Waals surface area contributed by atoms with Gasteiger partial charge in [-0.1, -0.05) is 29.8 Å². The van der Waals surface area contributed by atoms with Gasteiger partial charge in [0.25, 0.3) is 11.8 Å². The predicted molar refractivity (Wildman–Crippen MR) is 98.1 cm³/mol. The van der Waals surface area contributed by atoms with Crippen molar-refractivity contribution in [2.75, 3.05) is 6.54 Å². The minimum Gasteiger partial charge on any atom is -0.352 e. The molecule has 1 aliphatic rings. The molecule has 1 N–H and O–H groups in total. The van der Waals surface area contributed by atoms with Crippen LogP contribution in [0.25, 0.3) is 6.08 Å². The fourth-order valence-corrected chi connectivity index (χ4v) is 3.02. The standard InChI is InChI=1S/C20H19ClN2O2/c1-12-3-4-13(2)18-17(12)11-15(20(25)23-18)9-10-22-19(24)14-5-7-16(21)8-6-14/h3-8,11,15H,9-10H2,1-2H3,(H,22,24). The molecule has 2 aromatic carbocycles. The highest BCUT2D eigenvalue weighted by Crippen LogP contribution is 2.11. The van der Waals surface area contributed by atoms with E-state index in [-0.39, 0.29) is 17.7 Å². The van der Waals surface area contributed by atoms with E-state index in [2.05, 4.69) is 10.3 Å². The molecule has 2 aromatic rings. The van der Waals surface area contributed by atoms with Crippen molar-refractivity contribution in [2.45, 2.75) is 20.3 Å². The van der Waals surface area contributed by atoms with E-state index in [9.17, 15) is 9.59 Å². The quantitative estimate of drug-likeness (QED) is 0.916. The monoisotopic (exact) mass is 354 g/mol. The van der Waals surface area contributed by atoms with Crippen LogP contribution in [0.2, 0.25) is 5.02 Å². The van der Waals surface area contributed by atoms with Gasteiger partial charge in [-0.2, -0.15) is 0 Å². The van der Waals surface area contributed by atoms with Gasteiger partial charge in [-0.25, -0.2) is 4.99 Å². The zero-order chi connectivity index (χ0) is 18.0. The second kappa shape index (κ2) is 7.19. The molecule has 4 nitrogen and oxygen atoms in total. The van der Waals surface area contributed by atoms with E-state index in [1.807, 2.05) is 32.1 Å². The van der Waals surface area contributed by atoms with Crippen molar-refractivity contribution in [2.24, 2.45) is 10.9 Å². The number of rotatable bonds is 4. The summed E-state index contributed by atoms with van der Waals surface area (Å²) in [4.78, 5) is 28.6. The van der Waals surface area contributed by atoms with Crippen LogP contribution >= 0.6 is 11.6 Å². The number of fused-ring (bicyclic) bond motifs is 1. The lowest BCUT2D eigenvalue weighted by Gasteiger charge is -2.14. The SMILES string of the molecule is Cc1ccc(C)c2c1=CC(CCNC(=O)c1ccc(Cl)cc1)C(=O)N=2. The molecule has 0 radical (unpaired) electrons. The molecule has 0 saturated heterocycles. The summed E-state index contributed by atoms with van der Waals surface area (Å²) in [5, 5.41) is 5.22. The maximum atomic E-state index is 12.3. The minimum atomic E-state index is -0.307. The van der Waals surface area contributed by atoms with Crippen LogP contribution in [0, 0.1) is 19.8 Å². The number of nitrogens with one attached hydrogen (secondary N) is 1. The molecule has 5 heteroatoms. The third-order valence-corrected chi connectivity index (χ3v) is 4.64. The average molecular weight is 355 g/mol. The van der Waals surface area contributed by atoms with Gasteiger partial charge < -0.3 is 5.32 Å². The van der Waals surface area contributed by atoms with E-state index in [1.54, 1.807) is 24.3 Å². The normalized spacial score (nSPS) is 15.8. The van der Waals surface area contributed by atoms with E-state index in [0.29, 0.717) is 23.6 Å². The first-order valence-corrected chi connectivity index (χ1v) is 8.58. The number of hydrogen-bond donors (Lipinski definition) is 1. The number of halogens is 1. The molecule has 128 valence electrons. The van der Waals surface area contributed by atoms with Crippen molar-refractivity contribution in [3.8, 4) is 0 Å². The number of aryl methyl sites for hydroxylation is 2. The van der Waals surface area contributed by atoms with Gasteiger partial charge in [-0.15, -0.1) is 0 Å². The Morgan fingerprint density at radius 1 is 1.12 bits per heavy atom. The molecule has 2 amide bonds. The molecule has 1 aliphatic heterocycles. The summed E-state index contributed by atoms with van der Waals surface area (Å²) in [5.41, 5.74) is 2.65. The third kappa shape index (κ3) is 3.80. The van der Waals surface area contributed by atoms with Crippen LogP contribution in [-0.2, 0) is 4.79 Å². The zero-order valence-electron chi connectivity index (χ0n) is 14.2. The Morgan fingerprint density at radius 3 is 2.52 bits per heavy atom. The summed E-state index contributed by atoms with van der Waals surface area (Å²) in [6, 6.07) is 10.7. The Hall–Kier alpha value is -2.46. The van der Waals surface area contributed by atoms with Crippen LogP contribution in [0.4, 0.5) is 0 Å². The van der Waals surface area contributed by atoms with Crippen molar-refractivity contribution in [3.05, 3.63) is 68.7 Å². The molecule has 0 fully saturated rings. The van der Waals surface area contributed by atoms with Gasteiger partial charge in [0.05, 0.1) is 11.3 Å². The highest BCUT2D eigenvalue weighted by molar-refractivity contribution is 6.30. The minimum absolute atomic E-state index is 0.151. The Labute approximate surface area is 151 Å². The predicted octanol–water partition coefficient (Wildman–Crippen LogP) is 2.33.